The van der Waals surface area contributed by atoms with Crippen LogP contribution in [-0.2, 0) is 14.3 Å². The van der Waals surface area contributed by atoms with E-state index in [4.69, 9.17) is 9.47 Å². The molecule has 5 nitrogen and oxygen atoms in total. The maximum atomic E-state index is 12.0. The van der Waals surface area contributed by atoms with Crippen molar-refractivity contribution in [3.63, 3.8) is 0 Å². The standard InChI is InChI=1S/C19H21NO4/c1-12(21)20(3)19-15(10-23-13(2)22)11-24-17-9-8-14-6-4-5-7-16(14)18(17)19/h4-9,15,19H,10-11H2,1-3H3/t15-,19-/m0/s1. The molecule has 5 heteroatoms. The van der Waals surface area contributed by atoms with Crippen molar-refractivity contribution < 1.29 is 19.1 Å². The number of esters is 1. The molecule has 0 unspecified atom stereocenters. The maximum absolute atomic E-state index is 12.0. The van der Waals surface area contributed by atoms with Gasteiger partial charge in [0.2, 0.25) is 5.91 Å². The van der Waals surface area contributed by atoms with Gasteiger partial charge in [-0.1, -0.05) is 30.3 Å². The van der Waals surface area contributed by atoms with Crippen molar-refractivity contribution in [3.8, 4) is 5.75 Å². The quantitative estimate of drug-likeness (QED) is 0.813. The van der Waals surface area contributed by atoms with Crippen molar-refractivity contribution in [3.05, 3.63) is 42.0 Å². The molecule has 3 rings (SSSR count). The minimum absolute atomic E-state index is 0.0337. The fourth-order valence-electron chi connectivity index (χ4n) is 3.30. The van der Waals surface area contributed by atoms with Gasteiger partial charge in [0.25, 0.3) is 0 Å². The minimum Gasteiger partial charge on any atom is -0.493 e. The molecule has 126 valence electrons. The summed E-state index contributed by atoms with van der Waals surface area (Å²) in [4.78, 5) is 25.0. The van der Waals surface area contributed by atoms with E-state index >= 15 is 0 Å². The third kappa shape index (κ3) is 2.94. The van der Waals surface area contributed by atoms with Crippen LogP contribution in [0.2, 0.25) is 0 Å². The number of ether oxygens (including phenoxy) is 2. The monoisotopic (exact) mass is 327 g/mol. The molecule has 0 aromatic heterocycles. The highest BCUT2D eigenvalue weighted by Gasteiger charge is 2.37. The Morgan fingerprint density at radius 1 is 1.21 bits per heavy atom. The van der Waals surface area contributed by atoms with E-state index in [9.17, 15) is 9.59 Å². The summed E-state index contributed by atoms with van der Waals surface area (Å²) in [6, 6.07) is 11.8. The van der Waals surface area contributed by atoms with Gasteiger partial charge in [0.15, 0.2) is 0 Å². The second kappa shape index (κ2) is 6.51. The van der Waals surface area contributed by atoms with Gasteiger partial charge in [-0.05, 0) is 16.8 Å². The molecule has 2 atom stereocenters. The molecule has 1 aliphatic heterocycles. The maximum Gasteiger partial charge on any atom is 0.302 e. The Balaban J connectivity index is 2.11. The lowest BCUT2D eigenvalue weighted by Gasteiger charge is -2.39. The topological polar surface area (TPSA) is 55.8 Å². The summed E-state index contributed by atoms with van der Waals surface area (Å²) in [6.07, 6.45) is 0. The van der Waals surface area contributed by atoms with Crippen molar-refractivity contribution in [2.24, 2.45) is 5.92 Å². The van der Waals surface area contributed by atoms with Crippen molar-refractivity contribution in [1.82, 2.24) is 4.90 Å². The molecule has 0 radical (unpaired) electrons. The predicted molar refractivity (Wildman–Crippen MR) is 90.8 cm³/mol. The number of benzene rings is 2. The second-order valence-corrected chi connectivity index (χ2v) is 6.15. The molecule has 2 aromatic carbocycles. The van der Waals surface area contributed by atoms with Crippen LogP contribution < -0.4 is 4.74 Å². The van der Waals surface area contributed by atoms with Gasteiger partial charge in [0.05, 0.1) is 25.2 Å². The first-order valence-corrected chi connectivity index (χ1v) is 8.00. The fraction of sp³-hybridized carbons (Fsp3) is 0.368. The number of rotatable bonds is 3. The first-order chi connectivity index (χ1) is 11.5. The fourth-order valence-corrected chi connectivity index (χ4v) is 3.30. The molecule has 0 bridgehead atoms. The first kappa shape index (κ1) is 16.3. The number of amides is 1. The zero-order valence-electron chi connectivity index (χ0n) is 14.1. The van der Waals surface area contributed by atoms with Crippen molar-refractivity contribution in [1.29, 1.82) is 0 Å². The third-order valence-electron chi connectivity index (χ3n) is 4.54. The van der Waals surface area contributed by atoms with Crippen LogP contribution in [0.3, 0.4) is 0 Å². The Bertz CT molecular complexity index is 786. The lowest BCUT2D eigenvalue weighted by Crippen LogP contribution is -2.41. The summed E-state index contributed by atoms with van der Waals surface area (Å²) in [6.45, 7) is 3.56. The highest BCUT2D eigenvalue weighted by atomic mass is 16.5. The predicted octanol–water partition coefficient (Wildman–Crippen LogP) is 2.93. The Hall–Kier alpha value is -2.56. The summed E-state index contributed by atoms with van der Waals surface area (Å²) in [7, 11) is 1.78. The van der Waals surface area contributed by atoms with E-state index < -0.39 is 0 Å². The summed E-state index contributed by atoms with van der Waals surface area (Å²) in [5.74, 6) is 0.309. The van der Waals surface area contributed by atoms with Gasteiger partial charge < -0.3 is 14.4 Å². The Labute approximate surface area is 141 Å². The average molecular weight is 327 g/mol. The molecular formula is C19H21NO4. The van der Waals surface area contributed by atoms with Crippen LogP contribution in [0.5, 0.6) is 5.75 Å². The number of fused-ring (bicyclic) bond motifs is 3. The largest absolute Gasteiger partial charge is 0.493 e. The Morgan fingerprint density at radius 2 is 1.96 bits per heavy atom. The van der Waals surface area contributed by atoms with Crippen LogP contribution in [0, 0.1) is 5.92 Å². The van der Waals surface area contributed by atoms with E-state index in [-0.39, 0.29) is 30.4 Å². The third-order valence-corrected chi connectivity index (χ3v) is 4.54. The second-order valence-electron chi connectivity index (χ2n) is 6.15. The summed E-state index contributed by atoms with van der Waals surface area (Å²) in [5, 5.41) is 2.15. The van der Waals surface area contributed by atoms with Gasteiger partial charge in [-0.2, -0.15) is 0 Å². The molecule has 2 aromatic rings. The number of carbonyl (C=O) groups is 2. The number of nitrogens with zero attached hydrogens (tertiary/aromatic N) is 1. The molecule has 1 heterocycles. The molecule has 1 aliphatic rings. The van der Waals surface area contributed by atoms with Crippen LogP contribution in [-0.4, -0.2) is 37.0 Å². The Kier molecular flexibility index (Phi) is 4.42. The molecule has 0 N–H and O–H groups in total. The van der Waals surface area contributed by atoms with E-state index in [1.165, 1.54) is 6.92 Å². The highest BCUT2D eigenvalue weighted by Crippen LogP contribution is 2.43. The van der Waals surface area contributed by atoms with Crippen LogP contribution in [0.4, 0.5) is 0 Å². The van der Waals surface area contributed by atoms with Crippen LogP contribution in [0.15, 0.2) is 36.4 Å². The Morgan fingerprint density at radius 3 is 2.67 bits per heavy atom. The van der Waals surface area contributed by atoms with Crippen molar-refractivity contribution in [2.75, 3.05) is 20.3 Å². The molecule has 0 aliphatic carbocycles. The van der Waals surface area contributed by atoms with Crippen molar-refractivity contribution >= 4 is 22.6 Å². The lowest BCUT2D eigenvalue weighted by atomic mass is 9.86. The summed E-state index contributed by atoms with van der Waals surface area (Å²) in [5.41, 5.74) is 0.981. The van der Waals surface area contributed by atoms with E-state index in [0.29, 0.717) is 6.61 Å². The molecule has 0 saturated carbocycles. The van der Waals surface area contributed by atoms with E-state index in [1.807, 2.05) is 36.4 Å². The van der Waals surface area contributed by atoms with Crippen LogP contribution in [0.1, 0.15) is 25.5 Å². The highest BCUT2D eigenvalue weighted by molar-refractivity contribution is 5.89. The molecule has 0 saturated heterocycles. The average Bonchev–Trinajstić information content (AvgIpc) is 2.58. The molecule has 24 heavy (non-hydrogen) atoms. The van der Waals surface area contributed by atoms with Crippen molar-refractivity contribution in [2.45, 2.75) is 19.9 Å². The van der Waals surface area contributed by atoms with Gasteiger partial charge in [-0.25, -0.2) is 0 Å². The SMILES string of the molecule is CC(=O)OC[C@H]1COc2ccc3ccccc3c2[C@H]1N(C)C(C)=O. The molecule has 0 spiro atoms. The van der Waals surface area contributed by atoms with Gasteiger partial charge in [-0.15, -0.1) is 0 Å². The van der Waals surface area contributed by atoms with E-state index in [1.54, 1.807) is 18.9 Å². The molecule has 0 fully saturated rings. The minimum atomic E-state index is -0.331. The first-order valence-electron chi connectivity index (χ1n) is 8.00. The van der Waals surface area contributed by atoms with Gasteiger partial charge in [0, 0.05) is 26.5 Å². The number of carbonyl (C=O) groups excluding carboxylic acids is 2. The lowest BCUT2D eigenvalue weighted by molar-refractivity contribution is -0.144. The number of hydrogen-bond donors (Lipinski definition) is 0. The normalized spacial score (nSPS) is 19.3. The van der Waals surface area contributed by atoms with Crippen LogP contribution >= 0.6 is 0 Å². The molecule has 1 amide bonds. The zero-order valence-corrected chi connectivity index (χ0v) is 14.1. The summed E-state index contributed by atoms with van der Waals surface area (Å²) >= 11 is 0. The zero-order chi connectivity index (χ0) is 17.3. The summed E-state index contributed by atoms with van der Waals surface area (Å²) < 4.78 is 11.1. The van der Waals surface area contributed by atoms with E-state index in [2.05, 4.69) is 0 Å². The van der Waals surface area contributed by atoms with Crippen LogP contribution in [0.25, 0.3) is 10.8 Å². The molecular weight excluding hydrogens is 306 g/mol. The number of hydrogen-bond acceptors (Lipinski definition) is 4. The van der Waals surface area contributed by atoms with E-state index in [0.717, 1.165) is 22.1 Å². The van der Waals surface area contributed by atoms with Gasteiger partial charge >= 0.3 is 5.97 Å². The smallest absolute Gasteiger partial charge is 0.302 e. The van der Waals surface area contributed by atoms with Gasteiger partial charge in [-0.3, -0.25) is 9.59 Å². The van der Waals surface area contributed by atoms with Gasteiger partial charge in [0.1, 0.15) is 5.75 Å².